The molecule has 2 aromatic carbocycles. The van der Waals surface area contributed by atoms with Crippen LogP contribution >= 0.6 is 9.24 Å². The van der Waals surface area contributed by atoms with Crippen LogP contribution in [0.3, 0.4) is 0 Å². The zero-order valence-corrected chi connectivity index (χ0v) is 25.2. The van der Waals surface area contributed by atoms with Gasteiger partial charge in [-0.25, -0.2) is 18.7 Å². The van der Waals surface area contributed by atoms with E-state index < -0.39 is 5.69 Å². The first-order chi connectivity index (χ1) is 20.1. The van der Waals surface area contributed by atoms with Gasteiger partial charge in [-0.05, 0) is 55.3 Å². The molecule has 9 nitrogen and oxygen atoms in total. The highest BCUT2D eigenvalue weighted by atomic mass is 31.0. The van der Waals surface area contributed by atoms with Gasteiger partial charge in [-0.15, -0.1) is 9.24 Å². The van der Waals surface area contributed by atoms with Crippen molar-refractivity contribution < 1.29 is 13.9 Å². The zero-order valence-electron chi connectivity index (χ0n) is 24.0. The molecule has 2 aliphatic rings. The average molecular weight is 587 g/mol. The molecule has 2 aliphatic heterocycles. The SMILES string of the molecule is C=CC(=O)N1CCN(c2nc(=O)n(-c3ncccc3N(C)C)c3c4c(c(C)cc23)-c2c(ccc(F)c2P)CO4)[C@@H](C)C1. The molecule has 11 heteroatoms. The number of hydrogen-bond acceptors (Lipinski definition) is 7. The maximum atomic E-state index is 14.9. The van der Waals surface area contributed by atoms with Crippen LogP contribution in [0.1, 0.15) is 18.1 Å². The average Bonchev–Trinajstić information content (AvgIpc) is 2.98. The number of carbonyl (C=O) groups excluding carboxylic acids is 1. The fraction of sp³-hybridized carbons (Fsp3) is 0.290. The highest BCUT2D eigenvalue weighted by molar-refractivity contribution is 7.28. The fourth-order valence-corrected chi connectivity index (χ4v) is 6.47. The van der Waals surface area contributed by atoms with Crippen molar-refractivity contribution >= 4 is 42.9 Å². The number of hydrogen-bond donors (Lipinski definition) is 0. The number of pyridine rings is 1. The van der Waals surface area contributed by atoms with Gasteiger partial charge in [0.25, 0.3) is 0 Å². The van der Waals surface area contributed by atoms with Crippen molar-refractivity contribution in [1.29, 1.82) is 0 Å². The molecule has 4 aromatic rings. The normalized spacial score (nSPS) is 16.1. The van der Waals surface area contributed by atoms with Crippen LogP contribution in [0.2, 0.25) is 0 Å². The zero-order chi connectivity index (χ0) is 29.9. The van der Waals surface area contributed by atoms with E-state index in [0.717, 1.165) is 27.9 Å². The first kappa shape index (κ1) is 27.8. The topological polar surface area (TPSA) is 83.8 Å². The molecule has 1 fully saturated rings. The molecule has 0 aliphatic carbocycles. The van der Waals surface area contributed by atoms with Gasteiger partial charge in [-0.2, -0.15) is 4.98 Å². The second-order valence-corrected chi connectivity index (χ2v) is 11.5. The number of anilines is 2. The third kappa shape index (κ3) is 4.32. The van der Waals surface area contributed by atoms with Gasteiger partial charge in [0.1, 0.15) is 23.8 Å². The number of carbonyl (C=O) groups is 1. The number of nitrogens with zero attached hydrogens (tertiary/aromatic N) is 6. The monoisotopic (exact) mass is 586 g/mol. The Kier molecular flexibility index (Phi) is 6.97. The lowest BCUT2D eigenvalue weighted by atomic mass is 9.91. The first-order valence-corrected chi connectivity index (χ1v) is 14.3. The Hall–Kier alpha value is -4.30. The number of halogens is 1. The van der Waals surface area contributed by atoms with Gasteiger partial charge in [0, 0.05) is 67.8 Å². The molecule has 0 bridgehead atoms. The summed E-state index contributed by atoms with van der Waals surface area (Å²) in [6.07, 6.45) is 2.96. The summed E-state index contributed by atoms with van der Waals surface area (Å²) < 4.78 is 22.8. The minimum atomic E-state index is -0.512. The number of rotatable bonds is 4. The molecule has 42 heavy (non-hydrogen) atoms. The largest absolute Gasteiger partial charge is 0.486 e. The van der Waals surface area contributed by atoms with E-state index in [1.165, 1.54) is 16.7 Å². The van der Waals surface area contributed by atoms with E-state index in [0.29, 0.717) is 53.2 Å². The molecule has 0 saturated carbocycles. The van der Waals surface area contributed by atoms with E-state index in [-0.39, 0.29) is 24.4 Å². The number of benzene rings is 2. The molecule has 1 unspecified atom stereocenters. The van der Waals surface area contributed by atoms with Crippen molar-refractivity contribution in [3.8, 4) is 22.7 Å². The van der Waals surface area contributed by atoms with E-state index in [1.54, 1.807) is 17.2 Å². The second-order valence-electron chi connectivity index (χ2n) is 10.9. The van der Waals surface area contributed by atoms with Crippen LogP contribution in [0, 0.1) is 12.7 Å². The van der Waals surface area contributed by atoms with Crippen molar-refractivity contribution in [2.75, 3.05) is 43.5 Å². The lowest BCUT2D eigenvalue weighted by molar-refractivity contribution is -0.126. The van der Waals surface area contributed by atoms with Crippen LogP contribution in [-0.4, -0.2) is 65.1 Å². The van der Waals surface area contributed by atoms with Crippen molar-refractivity contribution in [2.45, 2.75) is 26.5 Å². The quantitative estimate of drug-likeness (QED) is 0.267. The van der Waals surface area contributed by atoms with Gasteiger partial charge in [0.15, 0.2) is 11.6 Å². The highest BCUT2D eigenvalue weighted by Gasteiger charge is 2.33. The molecule has 1 amide bonds. The predicted octanol–water partition coefficient (Wildman–Crippen LogP) is 3.58. The van der Waals surface area contributed by atoms with Gasteiger partial charge < -0.3 is 19.4 Å². The van der Waals surface area contributed by atoms with E-state index in [2.05, 4.69) is 30.7 Å². The number of amides is 1. The second kappa shape index (κ2) is 10.5. The molecule has 4 heterocycles. The van der Waals surface area contributed by atoms with Crippen LogP contribution in [-0.2, 0) is 11.4 Å². The summed E-state index contributed by atoms with van der Waals surface area (Å²) in [6, 6.07) is 8.76. The smallest absolute Gasteiger partial charge is 0.356 e. The molecular weight excluding hydrogens is 554 g/mol. The number of aryl methyl sites for hydroxylation is 1. The van der Waals surface area contributed by atoms with Crippen LogP contribution in [0.25, 0.3) is 27.8 Å². The van der Waals surface area contributed by atoms with Crippen LogP contribution < -0.4 is 25.5 Å². The lowest BCUT2D eigenvalue weighted by Crippen LogP contribution is -2.54. The maximum Gasteiger partial charge on any atom is 0.356 e. The molecule has 6 rings (SSSR count). The molecule has 2 aromatic heterocycles. The highest BCUT2D eigenvalue weighted by Crippen LogP contribution is 2.46. The molecule has 0 N–H and O–H groups in total. The van der Waals surface area contributed by atoms with Gasteiger partial charge >= 0.3 is 5.69 Å². The number of piperazine rings is 1. The van der Waals surface area contributed by atoms with E-state index in [9.17, 15) is 14.0 Å². The molecular formula is C31H32FN6O3P. The van der Waals surface area contributed by atoms with Gasteiger partial charge in [-0.1, -0.05) is 12.6 Å². The van der Waals surface area contributed by atoms with Gasteiger partial charge in [-0.3, -0.25) is 4.79 Å². The van der Waals surface area contributed by atoms with Crippen molar-refractivity contribution in [1.82, 2.24) is 19.4 Å². The van der Waals surface area contributed by atoms with E-state index in [1.807, 2.05) is 51.0 Å². The number of aromatic nitrogens is 3. The predicted molar refractivity (Wildman–Crippen MR) is 167 cm³/mol. The van der Waals surface area contributed by atoms with Gasteiger partial charge in [0.05, 0.1) is 5.69 Å². The molecule has 2 atom stereocenters. The Balaban J connectivity index is 1.69. The van der Waals surface area contributed by atoms with Crippen molar-refractivity contribution in [2.24, 2.45) is 0 Å². The summed E-state index contributed by atoms with van der Waals surface area (Å²) in [6.45, 7) is 9.22. The standard InChI is InChI=1S/C31H32FN6O3P/c1-6-23(39)36-12-13-37(18(3)15-36)29-20-14-17(2)24-25-19(9-10-21(32)28(25)42)16-41-27(24)26(20)38(31(40)34-29)30-22(35(4)5)8-7-11-33-30/h6-11,14,18H,1,12-13,15-16,42H2,2-5H3/t18-/m0/s1. The maximum absolute atomic E-state index is 14.9. The van der Waals surface area contributed by atoms with Crippen LogP contribution in [0.15, 0.2) is 54.0 Å². The summed E-state index contributed by atoms with van der Waals surface area (Å²) in [7, 11) is 6.30. The minimum Gasteiger partial charge on any atom is -0.486 e. The summed E-state index contributed by atoms with van der Waals surface area (Å²) in [5.74, 6) is 0.947. The summed E-state index contributed by atoms with van der Waals surface area (Å²) in [5, 5.41) is 1.16. The molecule has 0 spiro atoms. The Morgan fingerprint density at radius 1 is 1.21 bits per heavy atom. The first-order valence-electron chi connectivity index (χ1n) is 13.7. The van der Waals surface area contributed by atoms with Crippen molar-refractivity contribution in [3.63, 3.8) is 0 Å². The Morgan fingerprint density at radius 3 is 2.71 bits per heavy atom. The summed E-state index contributed by atoms with van der Waals surface area (Å²) in [5.41, 5.74) is 3.94. The molecule has 216 valence electrons. The number of ether oxygens (including phenoxy) is 1. The Labute approximate surface area is 245 Å². The number of fused-ring (bicyclic) bond motifs is 5. The lowest BCUT2D eigenvalue weighted by Gasteiger charge is -2.40. The third-order valence-corrected chi connectivity index (χ3v) is 8.62. The fourth-order valence-electron chi connectivity index (χ4n) is 6.05. The van der Waals surface area contributed by atoms with Gasteiger partial charge in [0.2, 0.25) is 5.91 Å². The van der Waals surface area contributed by atoms with E-state index in [4.69, 9.17) is 4.74 Å². The van der Waals surface area contributed by atoms with E-state index >= 15 is 0 Å². The Bertz CT molecular complexity index is 1840. The Morgan fingerprint density at radius 2 is 2.00 bits per heavy atom. The summed E-state index contributed by atoms with van der Waals surface area (Å²) >= 11 is 0. The van der Waals surface area contributed by atoms with Crippen molar-refractivity contribution in [3.05, 3.63) is 76.6 Å². The summed E-state index contributed by atoms with van der Waals surface area (Å²) in [4.78, 5) is 41.4. The molecule has 1 saturated heterocycles. The van der Waals surface area contributed by atoms with Crippen LogP contribution in [0.5, 0.6) is 5.75 Å². The van der Waals surface area contributed by atoms with Crippen LogP contribution in [0.4, 0.5) is 15.9 Å². The minimum absolute atomic E-state index is 0.119. The third-order valence-electron chi connectivity index (χ3n) is 8.06. The molecule has 0 radical (unpaired) electrons.